The molecule has 3 nitrogen and oxygen atoms in total. The van der Waals surface area contributed by atoms with Gasteiger partial charge >= 0.3 is 0 Å². The van der Waals surface area contributed by atoms with E-state index in [-0.39, 0.29) is 0 Å². The van der Waals surface area contributed by atoms with Gasteiger partial charge in [-0.05, 0) is 61.9 Å². The summed E-state index contributed by atoms with van der Waals surface area (Å²) in [5, 5.41) is 3.51. The Morgan fingerprint density at radius 2 is 1.75 bits per heavy atom. The van der Waals surface area contributed by atoms with Gasteiger partial charge in [-0.1, -0.05) is 36.4 Å². The molecule has 2 aromatic carbocycles. The zero-order chi connectivity index (χ0) is 16.6. The second-order valence-corrected chi connectivity index (χ2v) is 6.42. The lowest BCUT2D eigenvalue weighted by atomic mass is 10.1. The van der Waals surface area contributed by atoms with Crippen LogP contribution in [0.1, 0.15) is 36.8 Å². The van der Waals surface area contributed by atoms with Crippen molar-refractivity contribution in [1.82, 2.24) is 5.32 Å². The molecule has 3 heteroatoms. The van der Waals surface area contributed by atoms with Crippen LogP contribution in [0.2, 0.25) is 0 Å². The van der Waals surface area contributed by atoms with Gasteiger partial charge in [0.15, 0.2) is 11.5 Å². The van der Waals surface area contributed by atoms with Gasteiger partial charge in [-0.25, -0.2) is 0 Å². The van der Waals surface area contributed by atoms with Crippen LogP contribution >= 0.6 is 0 Å². The molecule has 1 aliphatic rings. The van der Waals surface area contributed by atoms with Crippen LogP contribution < -0.4 is 14.8 Å². The first-order chi connectivity index (χ1) is 11.8. The molecular formula is C21H27NO2. The quantitative estimate of drug-likeness (QED) is 0.732. The molecule has 0 bridgehead atoms. The molecule has 3 rings (SSSR count). The number of ether oxygens (including phenoxy) is 2. The van der Waals surface area contributed by atoms with Crippen molar-refractivity contribution < 1.29 is 9.47 Å². The number of nitrogens with one attached hydrogen (secondary N) is 1. The van der Waals surface area contributed by atoms with E-state index < -0.39 is 0 Å². The maximum atomic E-state index is 6.16. The highest BCUT2D eigenvalue weighted by Crippen LogP contribution is 2.32. The average Bonchev–Trinajstić information content (AvgIpc) is 3.13. The number of hydrogen-bond acceptors (Lipinski definition) is 3. The molecule has 0 aromatic heterocycles. The van der Waals surface area contributed by atoms with Gasteiger partial charge < -0.3 is 14.8 Å². The van der Waals surface area contributed by atoms with E-state index in [1.807, 2.05) is 6.07 Å². The summed E-state index contributed by atoms with van der Waals surface area (Å²) in [5.41, 5.74) is 2.60. The Hall–Kier alpha value is -2.00. The molecule has 1 saturated carbocycles. The predicted molar refractivity (Wildman–Crippen MR) is 97.7 cm³/mol. The van der Waals surface area contributed by atoms with Gasteiger partial charge in [-0.2, -0.15) is 0 Å². The molecule has 2 aromatic rings. The van der Waals surface area contributed by atoms with Crippen LogP contribution in [0.5, 0.6) is 11.5 Å². The lowest BCUT2D eigenvalue weighted by molar-refractivity contribution is 0.200. The van der Waals surface area contributed by atoms with Crippen LogP contribution in [0.3, 0.4) is 0 Å². The average molecular weight is 325 g/mol. The first kappa shape index (κ1) is 16.8. The monoisotopic (exact) mass is 325 g/mol. The largest absolute Gasteiger partial charge is 0.493 e. The first-order valence-corrected chi connectivity index (χ1v) is 8.93. The summed E-state index contributed by atoms with van der Waals surface area (Å²) in [6.07, 6.45) is 6.25. The highest BCUT2D eigenvalue weighted by molar-refractivity contribution is 5.43. The minimum Gasteiger partial charge on any atom is -0.493 e. The van der Waals surface area contributed by atoms with E-state index in [0.717, 1.165) is 43.9 Å². The number of rotatable bonds is 8. The van der Waals surface area contributed by atoms with Crippen molar-refractivity contribution in [1.29, 1.82) is 0 Å². The third-order valence-electron chi connectivity index (χ3n) is 4.59. The molecule has 0 unspecified atom stereocenters. The van der Waals surface area contributed by atoms with E-state index in [0.29, 0.717) is 6.10 Å². The Kier molecular flexibility index (Phi) is 6.13. The smallest absolute Gasteiger partial charge is 0.161 e. The van der Waals surface area contributed by atoms with E-state index >= 15 is 0 Å². The zero-order valence-electron chi connectivity index (χ0n) is 14.5. The number of methoxy groups -OCH3 is 1. The Bertz CT molecular complexity index is 621. The topological polar surface area (TPSA) is 30.5 Å². The van der Waals surface area contributed by atoms with Crippen LogP contribution in [0.25, 0.3) is 0 Å². The summed E-state index contributed by atoms with van der Waals surface area (Å²) in [7, 11) is 1.70. The third-order valence-corrected chi connectivity index (χ3v) is 4.59. The molecule has 1 N–H and O–H groups in total. The summed E-state index contributed by atoms with van der Waals surface area (Å²) in [6, 6.07) is 16.8. The van der Waals surface area contributed by atoms with Crippen molar-refractivity contribution in [2.24, 2.45) is 0 Å². The number of hydrogen-bond donors (Lipinski definition) is 1. The second kappa shape index (κ2) is 8.74. The third kappa shape index (κ3) is 4.75. The molecule has 0 saturated heterocycles. The van der Waals surface area contributed by atoms with Crippen molar-refractivity contribution in [3.8, 4) is 11.5 Å². The van der Waals surface area contributed by atoms with Gasteiger partial charge in [-0.3, -0.25) is 0 Å². The molecule has 1 aliphatic carbocycles. The van der Waals surface area contributed by atoms with E-state index in [4.69, 9.17) is 9.47 Å². The van der Waals surface area contributed by atoms with Gasteiger partial charge in [-0.15, -0.1) is 0 Å². The highest BCUT2D eigenvalue weighted by Gasteiger charge is 2.18. The fourth-order valence-corrected chi connectivity index (χ4v) is 3.22. The van der Waals surface area contributed by atoms with E-state index in [1.54, 1.807) is 7.11 Å². The van der Waals surface area contributed by atoms with Crippen LogP contribution in [0.4, 0.5) is 0 Å². The molecule has 128 valence electrons. The summed E-state index contributed by atoms with van der Waals surface area (Å²) < 4.78 is 11.6. The normalized spacial score (nSPS) is 14.7. The van der Waals surface area contributed by atoms with Crippen LogP contribution in [0.15, 0.2) is 48.5 Å². The Balaban J connectivity index is 1.53. The molecular weight excluding hydrogens is 298 g/mol. The van der Waals surface area contributed by atoms with E-state index in [1.165, 1.54) is 24.0 Å². The molecule has 0 heterocycles. The fourth-order valence-electron chi connectivity index (χ4n) is 3.22. The number of benzene rings is 2. The van der Waals surface area contributed by atoms with Crippen molar-refractivity contribution in [3.63, 3.8) is 0 Å². The van der Waals surface area contributed by atoms with Crippen LogP contribution in [-0.2, 0) is 13.0 Å². The van der Waals surface area contributed by atoms with Crippen LogP contribution in [0, 0.1) is 0 Å². The molecule has 0 spiro atoms. The molecule has 0 aliphatic heterocycles. The predicted octanol–water partition coefficient (Wildman–Crippen LogP) is 4.35. The summed E-state index contributed by atoms with van der Waals surface area (Å²) in [6.45, 7) is 1.81. The van der Waals surface area contributed by atoms with E-state index in [9.17, 15) is 0 Å². The zero-order valence-corrected chi connectivity index (χ0v) is 14.5. The van der Waals surface area contributed by atoms with E-state index in [2.05, 4.69) is 47.8 Å². The lowest BCUT2D eigenvalue weighted by Crippen LogP contribution is -2.17. The van der Waals surface area contributed by atoms with Crippen molar-refractivity contribution >= 4 is 0 Å². The standard InChI is InChI=1S/C21H27NO2/c1-23-20-12-11-18(15-21(20)24-19-9-5-6-10-19)16-22-14-13-17-7-3-2-4-8-17/h2-4,7-8,11-12,15,19,22H,5-6,9-10,13-14,16H2,1H3. The van der Waals surface area contributed by atoms with Crippen molar-refractivity contribution in [2.45, 2.75) is 44.8 Å². The molecule has 0 radical (unpaired) electrons. The first-order valence-electron chi connectivity index (χ1n) is 8.93. The molecule has 1 fully saturated rings. The van der Waals surface area contributed by atoms with Gasteiger partial charge in [0.05, 0.1) is 13.2 Å². The maximum absolute atomic E-state index is 6.16. The Labute approximate surface area is 145 Å². The van der Waals surface area contributed by atoms with Gasteiger partial charge in [0, 0.05) is 6.54 Å². The van der Waals surface area contributed by atoms with Gasteiger partial charge in [0.25, 0.3) is 0 Å². The fraction of sp³-hybridized carbons (Fsp3) is 0.429. The summed E-state index contributed by atoms with van der Waals surface area (Å²) in [5.74, 6) is 1.71. The SMILES string of the molecule is COc1ccc(CNCCc2ccccc2)cc1OC1CCCC1. The van der Waals surface area contributed by atoms with Crippen LogP contribution in [-0.4, -0.2) is 19.8 Å². The second-order valence-electron chi connectivity index (χ2n) is 6.42. The molecule has 24 heavy (non-hydrogen) atoms. The van der Waals surface area contributed by atoms with Crippen molar-refractivity contribution in [3.05, 3.63) is 59.7 Å². The lowest BCUT2D eigenvalue weighted by Gasteiger charge is -2.17. The minimum absolute atomic E-state index is 0.347. The van der Waals surface area contributed by atoms with Crippen molar-refractivity contribution in [2.75, 3.05) is 13.7 Å². The Morgan fingerprint density at radius 3 is 2.50 bits per heavy atom. The molecule has 0 amide bonds. The highest BCUT2D eigenvalue weighted by atomic mass is 16.5. The summed E-state index contributed by atoms with van der Waals surface area (Å²) in [4.78, 5) is 0. The summed E-state index contributed by atoms with van der Waals surface area (Å²) >= 11 is 0. The van der Waals surface area contributed by atoms with Gasteiger partial charge in [0.1, 0.15) is 0 Å². The minimum atomic E-state index is 0.347. The Morgan fingerprint density at radius 1 is 0.958 bits per heavy atom. The maximum Gasteiger partial charge on any atom is 0.161 e. The van der Waals surface area contributed by atoms with Gasteiger partial charge in [0.2, 0.25) is 0 Å². The molecule has 0 atom stereocenters.